The van der Waals surface area contributed by atoms with Crippen LogP contribution in [0.3, 0.4) is 0 Å². The fourth-order valence-corrected chi connectivity index (χ4v) is 3.57. The van der Waals surface area contributed by atoms with Crippen LogP contribution in [0, 0.1) is 13.8 Å². The van der Waals surface area contributed by atoms with Gasteiger partial charge in [0.05, 0.1) is 5.03 Å². The van der Waals surface area contributed by atoms with Crippen LogP contribution in [0.4, 0.5) is 5.69 Å². The van der Waals surface area contributed by atoms with Crippen molar-refractivity contribution in [3.8, 4) is 0 Å². The maximum Gasteiger partial charge on any atom is 0.0694 e. The van der Waals surface area contributed by atoms with E-state index in [1.54, 1.807) is 0 Å². The average Bonchev–Trinajstić information content (AvgIpc) is 2.70. The lowest BCUT2D eigenvalue weighted by Crippen LogP contribution is -2.18. The van der Waals surface area contributed by atoms with Gasteiger partial charge in [-0.2, -0.15) is 0 Å². The smallest absolute Gasteiger partial charge is 0.0694 e. The van der Waals surface area contributed by atoms with E-state index in [4.69, 9.17) is 0 Å². The summed E-state index contributed by atoms with van der Waals surface area (Å²) in [4.78, 5) is 2.13. The number of aryl methyl sites for hydroxylation is 4. The van der Waals surface area contributed by atoms with Crippen LogP contribution >= 0.6 is 12.6 Å². The van der Waals surface area contributed by atoms with Crippen molar-refractivity contribution in [1.29, 1.82) is 0 Å². The Kier molecular flexibility index (Phi) is 10.2. The van der Waals surface area contributed by atoms with Crippen LogP contribution in [0.15, 0.2) is 54.1 Å². The normalized spacial score (nSPS) is 10.9. The monoisotopic (exact) mass is 395 g/mol. The van der Waals surface area contributed by atoms with E-state index in [1.165, 1.54) is 34.2 Å². The van der Waals surface area contributed by atoms with Crippen molar-refractivity contribution in [1.82, 2.24) is 0 Å². The Morgan fingerprint density at radius 1 is 1.00 bits per heavy atom. The number of nitrogens with zero attached hydrogens (tertiary/aromatic N) is 1. The van der Waals surface area contributed by atoms with E-state index in [1.807, 2.05) is 13.8 Å². The quantitative estimate of drug-likeness (QED) is 0.463. The molecule has 0 saturated carbocycles. The number of benzene rings is 2. The summed E-state index contributed by atoms with van der Waals surface area (Å²) in [5, 5.41) is 0.719. The molecule has 0 bridgehead atoms. The fraction of sp³-hybridized carbons (Fsp3) is 0.385. The molecular weight excluding hydrogens is 358 g/mol. The molecule has 0 aromatic heterocycles. The van der Waals surface area contributed by atoms with Crippen molar-refractivity contribution >= 4 is 24.0 Å². The summed E-state index contributed by atoms with van der Waals surface area (Å²) in [5.41, 5.74) is 8.86. The van der Waals surface area contributed by atoms with Gasteiger partial charge < -0.3 is 4.90 Å². The van der Waals surface area contributed by atoms with Crippen molar-refractivity contribution in [3.05, 3.63) is 81.9 Å². The first-order valence-electron chi connectivity index (χ1n) is 10.5. The first-order chi connectivity index (χ1) is 13.4. The zero-order valence-electron chi connectivity index (χ0n) is 18.8. The maximum absolute atomic E-state index is 4.60. The second-order valence-corrected chi connectivity index (χ2v) is 7.30. The predicted octanol–water partition coefficient (Wildman–Crippen LogP) is 8.11. The number of anilines is 1. The van der Waals surface area contributed by atoms with Crippen molar-refractivity contribution in [3.63, 3.8) is 0 Å². The van der Waals surface area contributed by atoms with Crippen LogP contribution < -0.4 is 4.90 Å². The van der Waals surface area contributed by atoms with E-state index in [0.29, 0.717) is 0 Å². The molecule has 0 unspecified atom stereocenters. The van der Waals surface area contributed by atoms with Gasteiger partial charge in [-0.1, -0.05) is 65.0 Å². The lowest BCUT2D eigenvalue weighted by Gasteiger charge is -2.28. The molecule has 0 aliphatic rings. The fourth-order valence-electron chi connectivity index (χ4n) is 3.34. The number of hydrogen-bond donors (Lipinski definition) is 1. The third-order valence-electron chi connectivity index (χ3n) is 4.92. The second kappa shape index (κ2) is 11.8. The highest BCUT2D eigenvalue weighted by Gasteiger charge is 2.16. The van der Waals surface area contributed by atoms with Gasteiger partial charge in [0.25, 0.3) is 0 Å². The Labute approximate surface area is 178 Å². The molecule has 0 heterocycles. The maximum atomic E-state index is 4.60. The van der Waals surface area contributed by atoms with Gasteiger partial charge >= 0.3 is 0 Å². The van der Waals surface area contributed by atoms with Gasteiger partial charge in [0.15, 0.2) is 0 Å². The van der Waals surface area contributed by atoms with Gasteiger partial charge in [-0.25, -0.2) is 0 Å². The summed E-state index contributed by atoms with van der Waals surface area (Å²) in [7, 11) is 0. The molecule has 2 heteroatoms. The lowest BCUT2D eigenvalue weighted by atomic mass is 9.96. The number of allylic oxidation sites excluding steroid dienone is 1. The molecule has 0 saturated heterocycles. The van der Waals surface area contributed by atoms with Crippen LogP contribution in [0.5, 0.6) is 0 Å². The number of hydrogen-bond acceptors (Lipinski definition) is 2. The van der Waals surface area contributed by atoms with Gasteiger partial charge in [0.2, 0.25) is 0 Å². The van der Waals surface area contributed by atoms with Gasteiger partial charge in [-0.05, 0) is 79.6 Å². The third kappa shape index (κ3) is 5.78. The molecule has 2 aromatic rings. The standard InChI is InChI=1S/C24H31NS.C2H6/c1-7-10-21-12-13-22(16-20(21)8-2)24(9-3)25(19(6)26)23-14-11-17(4)18(5)15-23;1-2/h9,11-16,26H,6-8,10H2,1-5H3;1-2H3/b24-9-;. The van der Waals surface area contributed by atoms with E-state index in [9.17, 15) is 0 Å². The summed E-state index contributed by atoms with van der Waals surface area (Å²) >= 11 is 4.60. The zero-order valence-corrected chi connectivity index (χ0v) is 19.7. The largest absolute Gasteiger partial charge is 0.305 e. The summed E-state index contributed by atoms with van der Waals surface area (Å²) in [5.74, 6) is 0. The van der Waals surface area contributed by atoms with Gasteiger partial charge in [-0.15, -0.1) is 12.6 Å². The molecule has 0 aliphatic heterocycles. The van der Waals surface area contributed by atoms with Crippen LogP contribution in [0.1, 0.15) is 68.9 Å². The lowest BCUT2D eigenvalue weighted by molar-refractivity contribution is 0.899. The summed E-state index contributed by atoms with van der Waals surface area (Å²) in [6.07, 6.45) is 5.50. The molecule has 0 N–H and O–H groups in total. The first kappa shape index (κ1) is 24.1. The molecule has 152 valence electrons. The Bertz CT molecular complexity index is 817. The van der Waals surface area contributed by atoms with Crippen LogP contribution in [-0.4, -0.2) is 0 Å². The van der Waals surface area contributed by atoms with Crippen LogP contribution in [0.2, 0.25) is 0 Å². The molecule has 0 aliphatic carbocycles. The summed E-state index contributed by atoms with van der Waals surface area (Å²) in [6.45, 7) is 18.9. The average molecular weight is 396 g/mol. The van der Waals surface area contributed by atoms with Crippen molar-refractivity contribution in [2.45, 2.75) is 67.7 Å². The summed E-state index contributed by atoms with van der Waals surface area (Å²) in [6, 6.07) is 13.3. The minimum absolute atomic E-state index is 0.719. The Morgan fingerprint density at radius 3 is 2.18 bits per heavy atom. The summed E-state index contributed by atoms with van der Waals surface area (Å²) < 4.78 is 0. The molecule has 1 nitrogen and oxygen atoms in total. The topological polar surface area (TPSA) is 3.24 Å². The SMILES string of the molecule is C=C(S)N(/C(=C\C)c1ccc(CCC)c(CC)c1)c1ccc(C)c(C)c1.CC. The Balaban J connectivity index is 0.00000190. The van der Waals surface area contributed by atoms with Crippen molar-refractivity contribution < 1.29 is 0 Å². The minimum Gasteiger partial charge on any atom is -0.305 e. The molecule has 0 amide bonds. The van der Waals surface area contributed by atoms with Gasteiger partial charge in [0.1, 0.15) is 0 Å². The molecule has 0 atom stereocenters. The second-order valence-electron chi connectivity index (χ2n) is 6.78. The van der Waals surface area contributed by atoms with Crippen molar-refractivity contribution in [2.24, 2.45) is 0 Å². The Hall–Kier alpha value is -1.93. The van der Waals surface area contributed by atoms with Crippen LogP contribution in [0.25, 0.3) is 5.70 Å². The molecular formula is C26H37NS. The highest BCUT2D eigenvalue weighted by molar-refractivity contribution is 7.84. The molecule has 0 radical (unpaired) electrons. The number of thiol groups is 1. The van der Waals surface area contributed by atoms with E-state index in [2.05, 4.69) is 101 Å². The van der Waals surface area contributed by atoms with Crippen molar-refractivity contribution in [2.75, 3.05) is 4.90 Å². The number of rotatable bonds is 7. The van der Waals surface area contributed by atoms with Gasteiger partial charge in [0, 0.05) is 11.4 Å². The molecule has 28 heavy (non-hydrogen) atoms. The molecule has 0 spiro atoms. The zero-order chi connectivity index (χ0) is 21.3. The molecule has 2 rings (SSSR count). The third-order valence-corrected chi connectivity index (χ3v) is 5.12. The van der Waals surface area contributed by atoms with Gasteiger partial charge in [-0.3, -0.25) is 0 Å². The molecule has 0 fully saturated rings. The van der Waals surface area contributed by atoms with Crippen LogP contribution in [-0.2, 0) is 12.8 Å². The van der Waals surface area contributed by atoms with E-state index in [0.717, 1.165) is 29.3 Å². The molecule has 2 aromatic carbocycles. The van der Waals surface area contributed by atoms with E-state index in [-0.39, 0.29) is 0 Å². The first-order valence-corrected chi connectivity index (χ1v) is 10.9. The minimum atomic E-state index is 0.719. The van der Waals surface area contributed by atoms with E-state index >= 15 is 0 Å². The highest BCUT2D eigenvalue weighted by atomic mass is 32.1. The highest BCUT2D eigenvalue weighted by Crippen LogP contribution is 2.33. The Morgan fingerprint density at radius 2 is 1.68 bits per heavy atom. The van der Waals surface area contributed by atoms with E-state index < -0.39 is 0 Å². The predicted molar refractivity (Wildman–Crippen MR) is 131 cm³/mol.